The maximum absolute atomic E-state index is 11.3. The molecule has 0 N–H and O–H groups in total. The van der Waals surface area contributed by atoms with Gasteiger partial charge in [0.25, 0.3) is 0 Å². The third-order valence-electron chi connectivity index (χ3n) is 1.64. The Balaban J connectivity index is 2.34. The van der Waals surface area contributed by atoms with Gasteiger partial charge in [-0.05, 0) is 19.1 Å². The number of thioether (sulfide) groups is 1. The van der Waals surface area contributed by atoms with E-state index in [-0.39, 0.29) is 5.78 Å². The number of carbonyl (C=O) groups is 1. The molecule has 14 heavy (non-hydrogen) atoms. The molecule has 0 aliphatic carbocycles. The van der Waals surface area contributed by atoms with Crippen molar-refractivity contribution in [3.05, 3.63) is 42.5 Å². The van der Waals surface area contributed by atoms with Crippen molar-refractivity contribution in [3.8, 4) is 0 Å². The molecule has 0 aliphatic rings. The number of Topliss-reactive ketones (excluding diaryl/α,β-unsaturated/α-hetero) is 1. The van der Waals surface area contributed by atoms with E-state index in [1.165, 1.54) is 0 Å². The molecule has 2 heteroatoms. The van der Waals surface area contributed by atoms with Gasteiger partial charge in [0.1, 0.15) is 5.78 Å². The van der Waals surface area contributed by atoms with Gasteiger partial charge >= 0.3 is 0 Å². The summed E-state index contributed by atoms with van der Waals surface area (Å²) in [5.41, 5.74) is 0.934. The molecular formula is C12H14OS. The molecule has 0 aliphatic heterocycles. The second kappa shape index (κ2) is 5.66. The van der Waals surface area contributed by atoms with Crippen molar-refractivity contribution in [2.24, 2.45) is 0 Å². The van der Waals surface area contributed by atoms with Crippen LogP contribution in [0.15, 0.2) is 47.4 Å². The van der Waals surface area contributed by atoms with E-state index in [4.69, 9.17) is 0 Å². The lowest BCUT2D eigenvalue weighted by Gasteiger charge is -2.00. The predicted molar refractivity (Wildman–Crippen MR) is 61.6 cm³/mol. The first-order chi connectivity index (χ1) is 6.68. The van der Waals surface area contributed by atoms with Crippen LogP contribution in [0.25, 0.3) is 0 Å². The summed E-state index contributed by atoms with van der Waals surface area (Å²) in [7, 11) is 0. The second-order valence-corrected chi connectivity index (χ2v) is 4.32. The second-order valence-electron chi connectivity index (χ2n) is 3.27. The zero-order chi connectivity index (χ0) is 10.4. The van der Waals surface area contributed by atoms with E-state index in [1.54, 1.807) is 11.8 Å². The number of hydrogen-bond acceptors (Lipinski definition) is 2. The number of benzene rings is 1. The fourth-order valence-corrected chi connectivity index (χ4v) is 1.85. The number of ketones is 1. The molecule has 0 aromatic heterocycles. The summed E-state index contributed by atoms with van der Waals surface area (Å²) in [6, 6.07) is 9.95. The van der Waals surface area contributed by atoms with Gasteiger partial charge in [0.15, 0.2) is 0 Å². The summed E-state index contributed by atoms with van der Waals surface area (Å²) >= 11 is 1.58. The molecule has 0 fully saturated rings. The van der Waals surface area contributed by atoms with Crippen LogP contribution in [-0.2, 0) is 4.79 Å². The van der Waals surface area contributed by atoms with Crippen molar-refractivity contribution in [2.45, 2.75) is 18.2 Å². The van der Waals surface area contributed by atoms with Crippen LogP contribution in [0.3, 0.4) is 0 Å². The Morgan fingerprint density at radius 1 is 1.36 bits per heavy atom. The first-order valence-corrected chi connectivity index (χ1v) is 5.51. The highest BCUT2D eigenvalue weighted by molar-refractivity contribution is 8.00. The lowest BCUT2D eigenvalue weighted by atomic mass is 10.2. The topological polar surface area (TPSA) is 17.1 Å². The van der Waals surface area contributed by atoms with Crippen molar-refractivity contribution in [1.82, 2.24) is 0 Å². The van der Waals surface area contributed by atoms with Crippen LogP contribution in [-0.4, -0.2) is 11.5 Å². The van der Waals surface area contributed by atoms with Crippen LogP contribution in [0.1, 0.15) is 13.3 Å². The Bertz CT molecular complexity index is 316. The van der Waals surface area contributed by atoms with Crippen molar-refractivity contribution in [3.63, 3.8) is 0 Å². The van der Waals surface area contributed by atoms with Gasteiger partial charge in [-0.25, -0.2) is 0 Å². The molecule has 0 unspecified atom stereocenters. The minimum Gasteiger partial charge on any atom is -0.298 e. The zero-order valence-electron chi connectivity index (χ0n) is 8.32. The zero-order valence-corrected chi connectivity index (χ0v) is 9.14. The normalized spacial score (nSPS) is 9.79. The minimum atomic E-state index is 0.242. The van der Waals surface area contributed by atoms with Crippen molar-refractivity contribution in [1.29, 1.82) is 0 Å². The monoisotopic (exact) mass is 206 g/mol. The van der Waals surface area contributed by atoms with Crippen LogP contribution >= 0.6 is 11.8 Å². The van der Waals surface area contributed by atoms with Crippen molar-refractivity contribution < 1.29 is 4.79 Å². The Morgan fingerprint density at radius 2 is 2.00 bits per heavy atom. The van der Waals surface area contributed by atoms with Crippen LogP contribution in [0.2, 0.25) is 0 Å². The Hall–Kier alpha value is -1.02. The first-order valence-electron chi connectivity index (χ1n) is 4.52. The highest BCUT2D eigenvalue weighted by Crippen LogP contribution is 2.17. The standard InChI is InChI=1S/C12H14OS/c1-10(2)8-11(13)9-14-12-6-4-3-5-7-12/h3-7H,1,8-9H2,2H3. The smallest absolute Gasteiger partial charge is 0.147 e. The largest absolute Gasteiger partial charge is 0.298 e. The Labute approximate surface area is 89.2 Å². The fourth-order valence-electron chi connectivity index (χ4n) is 1.07. The van der Waals surface area contributed by atoms with Crippen LogP contribution in [0, 0.1) is 0 Å². The molecule has 0 saturated heterocycles. The highest BCUT2D eigenvalue weighted by Gasteiger charge is 2.02. The third-order valence-corrected chi connectivity index (χ3v) is 2.71. The van der Waals surface area contributed by atoms with E-state index >= 15 is 0 Å². The first kappa shape index (κ1) is 11.1. The van der Waals surface area contributed by atoms with Gasteiger partial charge in [0.05, 0.1) is 5.75 Å². The minimum absolute atomic E-state index is 0.242. The van der Waals surface area contributed by atoms with E-state index in [9.17, 15) is 4.79 Å². The summed E-state index contributed by atoms with van der Waals surface area (Å²) in [5.74, 6) is 0.781. The van der Waals surface area contributed by atoms with E-state index in [1.807, 2.05) is 37.3 Å². The molecule has 0 radical (unpaired) electrons. The molecule has 0 spiro atoms. The van der Waals surface area contributed by atoms with Gasteiger partial charge in [-0.15, -0.1) is 11.8 Å². The number of allylic oxidation sites excluding steroid dienone is 1. The van der Waals surface area contributed by atoms with Gasteiger partial charge in [-0.2, -0.15) is 0 Å². The molecule has 0 saturated carbocycles. The SMILES string of the molecule is C=C(C)CC(=O)CSc1ccccc1. The quantitative estimate of drug-likeness (QED) is 0.543. The lowest BCUT2D eigenvalue weighted by Crippen LogP contribution is -2.00. The van der Waals surface area contributed by atoms with Gasteiger partial charge in [0.2, 0.25) is 0 Å². The molecule has 1 nitrogen and oxygen atoms in total. The maximum Gasteiger partial charge on any atom is 0.147 e. The molecule has 0 amide bonds. The summed E-state index contributed by atoms with van der Waals surface area (Å²) < 4.78 is 0. The molecule has 0 atom stereocenters. The predicted octanol–water partition coefficient (Wildman–Crippen LogP) is 3.31. The van der Waals surface area contributed by atoms with Gasteiger partial charge in [0, 0.05) is 11.3 Å². The van der Waals surface area contributed by atoms with Crippen molar-refractivity contribution >= 4 is 17.5 Å². The molecule has 0 heterocycles. The summed E-state index contributed by atoms with van der Waals surface area (Å²) in [5, 5.41) is 0. The fraction of sp³-hybridized carbons (Fsp3) is 0.250. The van der Waals surface area contributed by atoms with Crippen LogP contribution < -0.4 is 0 Å². The third kappa shape index (κ3) is 4.28. The van der Waals surface area contributed by atoms with Crippen LogP contribution in [0.4, 0.5) is 0 Å². The lowest BCUT2D eigenvalue weighted by molar-refractivity contribution is -0.115. The summed E-state index contributed by atoms with van der Waals surface area (Å²) in [6.45, 7) is 5.60. The molecule has 1 rings (SSSR count). The Kier molecular flexibility index (Phi) is 4.47. The van der Waals surface area contributed by atoms with Crippen LogP contribution in [0.5, 0.6) is 0 Å². The number of rotatable bonds is 5. The van der Waals surface area contributed by atoms with E-state index in [2.05, 4.69) is 6.58 Å². The molecule has 1 aromatic rings. The molecule has 1 aromatic carbocycles. The van der Waals surface area contributed by atoms with Gasteiger partial charge < -0.3 is 0 Å². The van der Waals surface area contributed by atoms with Crippen molar-refractivity contribution in [2.75, 3.05) is 5.75 Å². The Morgan fingerprint density at radius 3 is 2.57 bits per heavy atom. The van der Waals surface area contributed by atoms with E-state index < -0.39 is 0 Å². The van der Waals surface area contributed by atoms with E-state index in [0.717, 1.165) is 10.5 Å². The molecular weight excluding hydrogens is 192 g/mol. The molecule has 0 bridgehead atoms. The van der Waals surface area contributed by atoms with Gasteiger partial charge in [-0.3, -0.25) is 4.79 Å². The maximum atomic E-state index is 11.3. The average molecular weight is 206 g/mol. The number of hydrogen-bond donors (Lipinski definition) is 0. The van der Waals surface area contributed by atoms with Gasteiger partial charge in [-0.1, -0.05) is 30.4 Å². The average Bonchev–Trinajstić information content (AvgIpc) is 2.15. The highest BCUT2D eigenvalue weighted by atomic mass is 32.2. The number of carbonyl (C=O) groups excluding carboxylic acids is 1. The van der Waals surface area contributed by atoms with E-state index in [0.29, 0.717) is 12.2 Å². The summed E-state index contributed by atoms with van der Waals surface area (Å²) in [4.78, 5) is 12.5. The summed E-state index contributed by atoms with van der Waals surface area (Å²) in [6.07, 6.45) is 0.500. The molecule has 74 valence electrons.